The third-order valence-electron chi connectivity index (χ3n) is 1.87. The van der Waals surface area contributed by atoms with Gasteiger partial charge in [-0.15, -0.1) is 0 Å². The Morgan fingerprint density at radius 3 is 2.86 bits per heavy atom. The standard InChI is InChI=1S/C9H8FN3O/c1-5-2-3-6(10)4-7(5)8-12-9(11)13-14-8/h2-4H,1H3,(H2,11,13). The van der Waals surface area contributed by atoms with Crippen LogP contribution in [0.1, 0.15) is 5.56 Å². The third-order valence-corrected chi connectivity index (χ3v) is 1.87. The van der Waals surface area contributed by atoms with Crippen LogP contribution in [0.5, 0.6) is 0 Å². The van der Waals surface area contributed by atoms with Crippen molar-refractivity contribution in [2.45, 2.75) is 6.92 Å². The first-order valence-corrected chi connectivity index (χ1v) is 4.02. The average Bonchev–Trinajstić information content (AvgIpc) is 2.56. The molecule has 0 radical (unpaired) electrons. The molecule has 0 fully saturated rings. The zero-order valence-electron chi connectivity index (χ0n) is 7.49. The summed E-state index contributed by atoms with van der Waals surface area (Å²) < 4.78 is 17.8. The molecule has 0 bridgehead atoms. The van der Waals surface area contributed by atoms with E-state index < -0.39 is 0 Å². The first-order chi connectivity index (χ1) is 6.66. The lowest BCUT2D eigenvalue weighted by molar-refractivity contribution is 0.432. The Morgan fingerprint density at radius 2 is 2.21 bits per heavy atom. The number of aryl methyl sites for hydroxylation is 1. The number of benzene rings is 1. The van der Waals surface area contributed by atoms with E-state index in [2.05, 4.69) is 10.1 Å². The molecule has 1 heterocycles. The van der Waals surface area contributed by atoms with E-state index in [-0.39, 0.29) is 17.7 Å². The lowest BCUT2D eigenvalue weighted by Crippen LogP contribution is -1.87. The van der Waals surface area contributed by atoms with Crippen LogP contribution in [0.2, 0.25) is 0 Å². The van der Waals surface area contributed by atoms with Crippen LogP contribution in [0.25, 0.3) is 11.5 Å². The summed E-state index contributed by atoms with van der Waals surface area (Å²) in [6.45, 7) is 1.83. The molecule has 0 aliphatic rings. The van der Waals surface area contributed by atoms with Crippen molar-refractivity contribution in [2.75, 3.05) is 5.73 Å². The van der Waals surface area contributed by atoms with Gasteiger partial charge in [-0.3, -0.25) is 0 Å². The number of nitrogens with zero attached hydrogens (tertiary/aromatic N) is 2. The van der Waals surface area contributed by atoms with Crippen molar-refractivity contribution in [1.82, 2.24) is 10.1 Å². The molecule has 14 heavy (non-hydrogen) atoms. The highest BCUT2D eigenvalue weighted by Gasteiger charge is 2.10. The summed E-state index contributed by atoms with van der Waals surface area (Å²) in [7, 11) is 0. The number of aromatic nitrogens is 2. The van der Waals surface area contributed by atoms with E-state index in [4.69, 9.17) is 10.3 Å². The normalized spacial score (nSPS) is 10.4. The van der Waals surface area contributed by atoms with E-state index in [1.807, 2.05) is 6.92 Å². The van der Waals surface area contributed by atoms with Crippen LogP contribution in [0.3, 0.4) is 0 Å². The molecule has 0 saturated heterocycles. The van der Waals surface area contributed by atoms with Gasteiger partial charge in [0.25, 0.3) is 11.8 Å². The van der Waals surface area contributed by atoms with E-state index in [1.54, 1.807) is 6.07 Å². The monoisotopic (exact) mass is 193 g/mol. The molecule has 5 heteroatoms. The molecule has 0 amide bonds. The molecule has 0 atom stereocenters. The van der Waals surface area contributed by atoms with Gasteiger partial charge in [0.1, 0.15) is 5.82 Å². The lowest BCUT2D eigenvalue weighted by atomic mass is 10.1. The van der Waals surface area contributed by atoms with Crippen LogP contribution in [-0.2, 0) is 0 Å². The highest BCUT2D eigenvalue weighted by molar-refractivity contribution is 5.58. The summed E-state index contributed by atoms with van der Waals surface area (Å²) in [5.41, 5.74) is 6.71. The first-order valence-electron chi connectivity index (χ1n) is 4.02. The number of rotatable bonds is 1. The van der Waals surface area contributed by atoms with Crippen LogP contribution in [0, 0.1) is 12.7 Å². The molecule has 0 saturated carbocycles. The van der Waals surface area contributed by atoms with Gasteiger partial charge in [-0.05, 0) is 29.8 Å². The molecule has 0 aliphatic heterocycles. The SMILES string of the molecule is Cc1ccc(F)cc1-c1nc(N)no1. The van der Waals surface area contributed by atoms with Gasteiger partial charge in [0.05, 0.1) is 0 Å². The Morgan fingerprint density at radius 1 is 1.43 bits per heavy atom. The Labute approximate surface area is 79.5 Å². The quantitative estimate of drug-likeness (QED) is 0.749. The minimum Gasteiger partial charge on any atom is -0.365 e. The highest BCUT2D eigenvalue weighted by atomic mass is 19.1. The number of halogens is 1. The predicted octanol–water partition coefficient (Wildman–Crippen LogP) is 1.77. The molecule has 4 nitrogen and oxygen atoms in total. The number of hydrogen-bond acceptors (Lipinski definition) is 4. The van der Waals surface area contributed by atoms with Gasteiger partial charge in [0.2, 0.25) is 0 Å². The van der Waals surface area contributed by atoms with Gasteiger partial charge in [-0.25, -0.2) is 4.39 Å². The molecule has 2 rings (SSSR count). The molecule has 0 unspecified atom stereocenters. The largest absolute Gasteiger partial charge is 0.365 e. The van der Waals surface area contributed by atoms with Crippen molar-refractivity contribution >= 4 is 5.95 Å². The maximum atomic E-state index is 12.9. The summed E-state index contributed by atoms with van der Waals surface area (Å²) in [5, 5.41) is 3.43. The molecule has 2 N–H and O–H groups in total. The zero-order valence-corrected chi connectivity index (χ0v) is 7.49. The summed E-state index contributed by atoms with van der Waals surface area (Å²) >= 11 is 0. The Balaban J connectivity index is 2.55. The Kier molecular flexibility index (Phi) is 1.92. The summed E-state index contributed by atoms with van der Waals surface area (Å²) in [6.07, 6.45) is 0. The number of hydrogen-bond donors (Lipinski definition) is 1. The van der Waals surface area contributed by atoms with E-state index in [0.717, 1.165) is 5.56 Å². The second kappa shape index (κ2) is 3.10. The molecule has 0 aliphatic carbocycles. The van der Waals surface area contributed by atoms with Gasteiger partial charge in [-0.2, -0.15) is 4.98 Å². The fraction of sp³-hybridized carbons (Fsp3) is 0.111. The van der Waals surface area contributed by atoms with E-state index >= 15 is 0 Å². The minimum absolute atomic E-state index is 0.0451. The summed E-state index contributed by atoms with van der Waals surface area (Å²) in [6, 6.07) is 4.35. The van der Waals surface area contributed by atoms with Crippen LogP contribution in [-0.4, -0.2) is 10.1 Å². The lowest BCUT2D eigenvalue weighted by Gasteiger charge is -1.99. The summed E-state index contributed by atoms with van der Waals surface area (Å²) in [5.74, 6) is -0.0643. The van der Waals surface area contributed by atoms with Gasteiger partial charge in [0, 0.05) is 5.56 Å². The smallest absolute Gasteiger partial charge is 0.261 e. The Bertz CT molecular complexity index is 467. The van der Waals surface area contributed by atoms with Crippen LogP contribution < -0.4 is 5.73 Å². The number of nitrogens with two attached hydrogens (primary N) is 1. The van der Waals surface area contributed by atoms with Gasteiger partial charge in [0.15, 0.2) is 0 Å². The molecule has 72 valence electrons. The second-order valence-electron chi connectivity index (χ2n) is 2.92. The Hall–Kier alpha value is -1.91. The number of anilines is 1. The van der Waals surface area contributed by atoms with Crippen molar-refractivity contribution in [3.05, 3.63) is 29.6 Å². The summed E-state index contributed by atoms with van der Waals surface area (Å²) in [4.78, 5) is 3.82. The van der Waals surface area contributed by atoms with Gasteiger partial charge >= 0.3 is 0 Å². The van der Waals surface area contributed by atoms with Crippen molar-refractivity contribution < 1.29 is 8.91 Å². The average molecular weight is 193 g/mol. The van der Waals surface area contributed by atoms with Crippen molar-refractivity contribution in [3.8, 4) is 11.5 Å². The first kappa shape index (κ1) is 8.68. The van der Waals surface area contributed by atoms with E-state index in [9.17, 15) is 4.39 Å². The molecule has 2 aromatic rings. The zero-order chi connectivity index (χ0) is 10.1. The molecule has 1 aromatic heterocycles. The predicted molar refractivity (Wildman–Crippen MR) is 48.8 cm³/mol. The van der Waals surface area contributed by atoms with Crippen molar-refractivity contribution in [3.63, 3.8) is 0 Å². The molecule has 0 spiro atoms. The highest BCUT2D eigenvalue weighted by Crippen LogP contribution is 2.22. The van der Waals surface area contributed by atoms with Crippen LogP contribution >= 0.6 is 0 Å². The van der Waals surface area contributed by atoms with Gasteiger partial charge in [-0.1, -0.05) is 6.07 Å². The second-order valence-corrected chi connectivity index (χ2v) is 2.92. The fourth-order valence-corrected chi connectivity index (χ4v) is 1.17. The minimum atomic E-state index is -0.345. The molecular formula is C9H8FN3O. The van der Waals surface area contributed by atoms with Gasteiger partial charge < -0.3 is 10.3 Å². The van der Waals surface area contributed by atoms with Crippen LogP contribution in [0.15, 0.2) is 22.7 Å². The maximum absolute atomic E-state index is 12.9. The third kappa shape index (κ3) is 1.44. The fourth-order valence-electron chi connectivity index (χ4n) is 1.17. The maximum Gasteiger partial charge on any atom is 0.261 e. The van der Waals surface area contributed by atoms with E-state index in [0.29, 0.717) is 5.56 Å². The van der Waals surface area contributed by atoms with Crippen molar-refractivity contribution in [1.29, 1.82) is 0 Å². The van der Waals surface area contributed by atoms with E-state index in [1.165, 1.54) is 12.1 Å². The number of nitrogen functional groups attached to an aromatic ring is 1. The molecule has 1 aromatic carbocycles. The topological polar surface area (TPSA) is 64.9 Å². The molecular weight excluding hydrogens is 185 g/mol. The van der Waals surface area contributed by atoms with Crippen molar-refractivity contribution in [2.24, 2.45) is 0 Å². The van der Waals surface area contributed by atoms with Crippen LogP contribution in [0.4, 0.5) is 10.3 Å².